The summed E-state index contributed by atoms with van der Waals surface area (Å²) in [5.74, 6) is 0.337. The molecular formula is C40H64O12. The van der Waals surface area contributed by atoms with Crippen molar-refractivity contribution >= 4 is 0 Å². The zero-order valence-electron chi connectivity index (χ0n) is 32.1. The van der Waals surface area contributed by atoms with Gasteiger partial charge in [-0.25, -0.2) is 0 Å². The summed E-state index contributed by atoms with van der Waals surface area (Å²) in [4.78, 5) is 0. The lowest BCUT2D eigenvalue weighted by molar-refractivity contribution is -0.346. The molecule has 4 saturated carbocycles. The molecule has 296 valence electrons. The van der Waals surface area contributed by atoms with Crippen molar-refractivity contribution in [3.8, 4) is 0 Å². The van der Waals surface area contributed by atoms with Gasteiger partial charge in [-0.15, -0.1) is 0 Å². The minimum atomic E-state index is -1.46. The average Bonchev–Trinajstić information content (AvgIpc) is 3.67. The Balaban J connectivity index is 1.03. The van der Waals surface area contributed by atoms with Gasteiger partial charge in [-0.3, -0.25) is 0 Å². The Morgan fingerprint density at radius 3 is 2.31 bits per heavy atom. The van der Waals surface area contributed by atoms with E-state index in [2.05, 4.69) is 47.6 Å². The molecule has 0 amide bonds. The van der Waals surface area contributed by atoms with Crippen molar-refractivity contribution in [2.75, 3.05) is 19.8 Å². The van der Waals surface area contributed by atoms with Gasteiger partial charge < -0.3 is 59.1 Å². The number of hydrogen-bond acceptors (Lipinski definition) is 12. The van der Waals surface area contributed by atoms with Crippen LogP contribution in [0.5, 0.6) is 0 Å². The molecule has 12 heteroatoms. The highest BCUT2D eigenvalue weighted by Gasteiger charge is 2.80. The molecule has 4 aliphatic heterocycles. The van der Waals surface area contributed by atoms with Gasteiger partial charge in [-0.1, -0.05) is 39.3 Å². The Bertz CT molecular complexity index is 1400. The molecule has 52 heavy (non-hydrogen) atoms. The van der Waals surface area contributed by atoms with Crippen molar-refractivity contribution in [1.82, 2.24) is 0 Å². The standard InChI is InChI=1S/C40H64O12/c1-20(2)14-21-15-38(7,46)32-22-8-9-26-36(5)12-11-27(35(3,4)25(36)10-13-37(26,6)39(22)18-40(32,52-21)48-19-39)50-34-31(28(43)23(42)17-47-34)51-33-30(45)29(44)24(16-41)49-33/h14,21-34,41-46H,8-13,15-19H2,1-7H3/t21-,22-,23-,24-,25-,26+,27-,28-,29-,30+,31+,32-,33-,34-,36-,37+,38-,39-,40-/m0/s1. The lowest BCUT2D eigenvalue weighted by Gasteiger charge is -2.70. The molecule has 0 aromatic heterocycles. The third-order valence-electron chi connectivity index (χ3n) is 16.3. The first-order valence-electron chi connectivity index (χ1n) is 19.9. The summed E-state index contributed by atoms with van der Waals surface area (Å²) in [6.45, 7) is 15.8. The molecular weight excluding hydrogens is 672 g/mol. The summed E-state index contributed by atoms with van der Waals surface area (Å²) in [5.41, 5.74) is 0.0110. The SMILES string of the molecule is CC(C)=C[C@H]1C[C@](C)(O)[C@@H]2[C@@H]3CC[C@@H]4[C@@]5(C)CC[C@H](O[C@@H]6OC[C@H](O)[C@H](O)[C@H]6O[C@@H]6O[C@@H](CO)[C@H](O)[C@H]6O)C(C)(C)[C@@H]5CC[C@@]4(C)[C@@]34CO[C@@]2(C4)O1. The van der Waals surface area contributed by atoms with E-state index >= 15 is 0 Å². The minimum absolute atomic E-state index is 0.0159. The van der Waals surface area contributed by atoms with E-state index in [1.165, 1.54) is 5.57 Å². The summed E-state index contributed by atoms with van der Waals surface area (Å²) in [6, 6.07) is 0. The van der Waals surface area contributed by atoms with Crippen LogP contribution in [0.3, 0.4) is 0 Å². The Kier molecular flexibility index (Phi) is 9.27. The van der Waals surface area contributed by atoms with Crippen molar-refractivity contribution in [2.24, 2.45) is 45.3 Å². The number of ether oxygens (including phenoxy) is 6. The fourth-order valence-corrected chi connectivity index (χ4v) is 14.1. The van der Waals surface area contributed by atoms with Crippen LogP contribution in [0.25, 0.3) is 0 Å². The van der Waals surface area contributed by atoms with Gasteiger partial charge in [0.1, 0.15) is 36.6 Å². The zero-order valence-corrected chi connectivity index (χ0v) is 32.1. The van der Waals surface area contributed by atoms with E-state index in [1.807, 2.05) is 6.92 Å². The minimum Gasteiger partial charge on any atom is -0.394 e. The van der Waals surface area contributed by atoms with Crippen LogP contribution in [0.15, 0.2) is 11.6 Å². The van der Waals surface area contributed by atoms with Crippen LogP contribution < -0.4 is 0 Å². The van der Waals surface area contributed by atoms with E-state index in [4.69, 9.17) is 28.4 Å². The summed E-state index contributed by atoms with van der Waals surface area (Å²) < 4.78 is 38.0. The first-order valence-corrected chi connectivity index (χ1v) is 19.9. The summed E-state index contributed by atoms with van der Waals surface area (Å²) in [5, 5.41) is 64.1. The van der Waals surface area contributed by atoms with E-state index < -0.39 is 67.2 Å². The molecule has 4 heterocycles. The van der Waals surface area contributed by atoms with Crippen LogP contribution >= 0.6 is 0 Å². The van der Waals surface area contributed by atoms with Crippen molar-refractivity contribution in [1.29, 1.82) is 0 Å². The number of aliphatic hydroxyl groups excluding tert-OH is 5. The lowest BCUT2D eigenvalue weighted by Crippen LogP contribution is -2.67. The van der Waals surface area contributed by atoms with E-state index in [0.29, 0.717) is 30.8 Å². The van der Waals surface area contributed by atoms with Gasteiger partial charge in [0.25, 0.3) is 0 Å². The highest BCUT2D eigenvalue weighted by Crippen LogP contribution is 2.80. The summed E-state index contributed by atoms with van der Waals surface area (Å²) >= 11 is 0. The van der Waals surface area contributed by atoms with Gasteiger partial charge in [0.2, 0.25) is 0 Å². The third-order valence-corrected chi connectivity index (χ3v) is 16.3. The monoisotopic (exact) mass is 736 g/mol. The smallest absolute Gasteiger partial charge is 0.187 e. The first kappa shape index (κ1) is 38.1. The van der Waals surface area contributed by atoms with E-state index in [1.54, 1.807) is 0 Å². The Labute approximate surface area is 308 Å². The predicted molar refractivity (Wildman–Crippen MR) is 186 cm³/mol. The molecule has 4 saturated heterocycles. The van der Waals surface area contributed by atoms with Gasteiger partial charge in [0, 0.05) is 24.2 Å². The van der Waals surface area contributed by atoms with Crippen molar-refractivity contribution in [3.63, 3.8) is 0 Å². The van der Waals surface area contributed by atoms with Crippen molar-refractivity contribution < 1.29 is 59.1 Å². The molecule has 19 atom stereocenters. The molecule has 4 aliphatic carbocycles. The molecule has 0 aromatic carbocycles. The number of aliphatic hydroxyl groups is 6. The first-order chi connectivity index (χ1) is 24.3. The second kappa shape index (κ2) is 12.6. The fraction of sp³-hybridized carbons (Fsp3) is 0.950. The lowest BCUT2D eigenvalue weighted by atomic mass is 9.35. The summed E-state index contributed by atoms with van der Waals surface area (Å²) in [7, 11) is 0. The van der Waals surface area contributed by atoms with Gasteiger partial charge in [-0.05, 0) is 93.3 Å². The molecule has 8 aliphatic rings. The van der Waals surface area contributed by atoms with E-state index in [9.17, 15) is 30.6 Å². The van der Waals surface area contributed by atoms with Crippen LogP contribution in [0.2, 0.25) is 0 Å². The highest BCUT2D eigenvalue weighted by molar-refractivity contribution is 5.26. The number of rotatable bonds is 6. The highest BCUT2D eigenvalue weighted by atomic mass is 16.8. The Morgan fingerprint density at radius 1 is 0.865 bits per heavy atom. The van der Waals surface area contributed by atoms with Crippen LogP contribution in [-0.2, 0) is 28.4 Å². The third kappa shape index (κ3) is 5.29. The van der Waals surface area contributed by atoms with Gasteiger partial charge in [0.15, 0.2) is 18.4 Å². The normalized spacial score (nSPS) is 57.8. The molecule has 2 bridgehead atoms. The van der Waals surface area contributed by atoms with Gasteiger partial charge in [0.05, 0.1) is 37.6 Å². The fourth-order valence-electron chi connectivity index (χ4n) is 14.1. The number of hydrogen-bond donors (Lipinski definition) is 6. The second-order valence-electron chi connectivity index (χ2n) is 19.7. The Hall–Kier alpha value is -0.740. The van der Waals surface area contributed by atoms with Crippen molar-refractivity contribution in [2.45, 2.75) is 173 Å². The largest absolute Gasteiger partial charge is 0.394 e. The van der Waals surface area contributed by atoms with Crippen molar-refractivity contribution in [3.05, 3.63) is 11.6 Å². The quantitative estimate of drug-likeness (QED) is 0.174. The maximum absolute atomic E-state index is 12.1. The van der Waals surface area contributed by atoms with Gasteiger partial charge in [-0.2, -0.15) is 0 Å². The van der Waals surface area contributed by atoms with Crippen LogP contribution in [0.4, 0.5) is 0 Å². The van der Waals surface area contributed by atoms with Crippen LogP contribution in [0.1, 0.15) is 99.8 Å². The number of allylic oxidation sites excluding steroid dienone is 1. The Morgan fingerprint density at radius 2 is 1.62 bits per heavy atom. The topological polar surface area (TPSA) is 177 Å². The van der Waals surface area contributed by atoms with E-state index in [-0.39, 0.29) is 46.4 Å². The molecule has 0 unspecified atom stereocenters. The van der Waals surface area contributed by atoms with E-state index in [0.717, 1.165) is 44.9 Å². The molecule has 0 aromatic rings. The average molecular weight is 737 g/mol. The zero-order chi connectivity index (χ0) is 37.4. The maximum Gasteiger partial charge on any atom is 0.187 e. The molecule has 8 rings (SSSR count). The molecule has 12 nitrogen and oxygen atoms in total. The summed E-state index contributed by atoms with van der Waals surface area (Å²) in [6.07, 6.45) is -0.930. The molecule has 2 spiro atoms. The van der Waals surface area contributed by atoms with Crippen LogP contribution in [0, 0.1) is 45.3 Å². The molecule has 8 fully saturated rings. The maximum atomic E-state index is 12.1. The number of fused-ring (bicyclic) bond motifs is 4. The van der Waals surface area contributed by atoms with Crippen LogP contribution in [-0.4, -0.2) is 123 Å². The second-order valence-corrected chi connectivity index (χ2v) is 19.7. The molecule has 0 radical (unpaired) electrons. The predicted octanol–water partition coefficient (Wildman–Crippen LogP) is 2.78. The van der Waals surface area contributed by atoms with Gasteiger partial charge >= 0.3 is 0 Å². The molecule has 6 N–H and O–H groups in total.